The molecule has 0 aliphatic rings. The molecule has 3 aromatic rings. The summed E-state index contributed by atoms with van der Waals surface area (Å²) < 4.78 is 6.07. The summed E-state index contributed by atoms with van der Waals surface area (Å²) in [6.45, 7) is 5.79. The van der Waals surface area contributed by atoms with Crippen LogP contribution in [0.4, 0.5) is 23.3 Å². The molecule has 0 saturated carbocycles. The van der Waals surface area contributed by atoms with Gasteiger partial charge in [0.25, 0.3) is 0 Å². The van der Waals surface area contributed by atoms with Gasteiger partial charge in [-0.25, -0.2) is 4.98 Å². The van der Waals surface area contributed by atoms with Crippen molar-refractivity contribution in [3.05, 3.63) is 51.8 Å². The number of nitrogens with one attached hydrogen (secondary N) is 2. The average molecular weight is 374 g/mol. The van der Waals surface area contributed by atoms with E-state index in [1.165, 1.54) is 5.56 Å². The molecule has 0 unspecified atom stereocenters. The fraction of sp³-hybridized carbons (Fsp3) is 0.188. The zero-order chi connectivity index (χ0) is 16.4. The number of benzene rings is 1. The first-order chi connectivity index (χ1) is 11.0. The first-order valence-electron chi connectivity index (χ1n) is 7.09. The Labute approximate surface area is 142 Å². The van der Waals surface area contributed by atoms with E-state index >= 15 is 0 Å². The second-order valence-electron chi connectivity index (χ2n) is 5.25. The van der Waals surface area contributed by atoms with Gasteiger partial charge < -0.3 is 15.2 Å². The minimum atomic E-state index is 0.465. The molecule has 6 nitrogen and oxygen atoms in total. The first kappa shape index (κ1) is 15.5. The monoisotopic (exact) mass is 373 g/mol. The van der Waals surface area contributed by atoms with Gasteiger partial charge in [-0.1, -0.05) is 27.2 Å². The van der Waals surface area contributed by atoms with Crippen LogP contribution in [-0.4, -0.2) is 15.1 Å². The Kier molecular flexibility index (Phi) is 4.29. The topological polar surface area (TPSA) is 75.9 Å². The molecule has 1 aromatic carbocycles. The molecular weight excluding hydrogens is 358 g/mol. The summed E-state index contributed by atoms with van der Waals surface area (Å²) in [5.74, 6) is 2.48. The molecule has 3 rings (SSSR count). The Morgan fingerprint density at radius 3 is 2.48 bits per heavy atom. The van der Waals surface area contributed by atoms with Gasteiger partial charge in [0.05, 0.1) is 0 Å². The Hall–Kier alpha value is -2.41. The molecule has 0 bridgehead atoms. The third-order valence-corrected chi connectivity index (χ3v) is 4.02. The Bertz CT molecular complexity index is 846. The van der Waals surface area contributed by atoms with Crippen LogP contribution in [0.3, 0.4) is 0 Å². The maximum atomic E-state index is 5.03. The minimum absolute atomic E-state index is 0.465. The van der Waals surface area contributed by atoms with E-state index in [0.717, 1.165) is 21.6 Å². The van der Waals surface area contributed by atoms with Crippen LogP contribution in [0.1, 0.15) is 17.0 Å². The largest absolute Gasteiger partial charge is 0.360 e. The lowest BCUT2D eigenvalue weighted by atomic mass is 10.2. The Morgan fingerprint density at radius 2 is 1.78 bits per heavy atom. The molecule has 0 amide bonds. The molecule has 0 fully saturated rings. The SMILES string of the molecule is Cc1cc(Nc2ccc(C)c(Br)c2)nc(Nc2cc(C)on2)n1. The fourth-order valence-electron chi connectivity index (χ4n) is 2.05. The molecule has 0 radical (unpaired) electrons. The standard InChI is InChI=1S/C16H16BrN5O/c1-9-4-5-12(8-13(9)17)19-14-6-10(2)18-16(20-14)21-15-7-11(3)23-22-15/h4-8H,1-3H3,(H2,18,19,20,21,22). The first-order valence-corrected chi connectivity index (χ1v) is 7.88. The van der Waals surface area contributed by atoms with Crippen LogP contribution in [-0.2, 0) is 0 Å². The number of halogens is 1. The Morgan fingerprint density at radius 1 is 0.957 bits per heavy atom. The zero-order valence-corrected chi connectivity index (χ0v) is 14.6. The van der Waals surface area contributed by atoms with Crippen LogP contribution in [0.15, 0.2) is 39.3 Å². The van der Waals surface area contributed by atoms with E-state index in [2.05, 4.69) is 41.7 Å². The molecule has 2 aromatic heterocycles. The van der Waals surface area contributed by atoms with Gasteiger partial charge in [0.1, 0.15) is 11.6 Å². The third kappa shape index (κ3) is 3.87. The summed E-state index contributed by atoms with van der Waals surface area (Å²) in [5, 5.41) is 10.2. The maximum absolute atomic E-state index is 5.03. The highest BCUT2D eigenvalue weighted by Gasteiger charge is 2.07. The second-order valence-corrected chi connectivity index (χ2v) is 6.11. The van der Waals surface area contributed by atoms with Gasteiger partial charge in [-0.15, -0.1) is 0 Å². The van der Waals surface area contributed by atoms with Gasteiger partial charge in [0.2, 0.25) is 5.95 Å². The van der Waals surface area contributed by atoms with Crippen molar-refractivity contribution < 1.29 is 4.52 Å². The van der Waals surface area contributed by atoms with E-state index in [0.29, 0.717) is 17.6 Å². The van der Waals surface area contributed by atoms with Gasteiger partial charge in [0, 0.05) is 28.0 Å². The molecule has 0 aliphatic heterocycles. The highest BCUT2D eigenvalue weighted by atomic mass is 79.9. The fourth-order valence-corrected chi connectivity index (χ4v) is 2.43. The molecule has 23 heavy (non-hydrogen) atoms. The minimum Gasteiger partial charge on any atom is -0.360 e. The van der Waals surface area contributed by atoms with Crippen molar-refractivity contribution in [3.8, 4) is 0 Å². The summed E-state index contributed by atoms with van der Waals surface area (Å²) in [6.07, 6.45) is 0. The predicted octanol–water partition coefficient (Wildman–Crippen LogP) is 4.64. The molecular formula is C16H16BrN5O. The smallest absolute Gasteiger partial charge is 0.230 e. The van der Waals surface area contributed by atoms with Crippen molar-refractivity contribution >= 4 is 39.2 Å². The van der Waals surface area contributed by atoms with E-state index < -0.39 is 0 Å². The molecule has 118 valence electrons. The highest BCUT2D eigenvalue weighted by Crippen LogP contribution is 2.24. The van der Waals surface area contributed by atoms with Crippen molar-refractivity contribution in [1.82, 2.24) is 15.1 Å². The van der Waals surface area contributed by atoms with Crippen LogP contribution in [0, 0.1) is 20.8 Å². The summed E-state index contributed by atoms with van der Waals surface area (Å²) in [6, 6.07) is 9.73. The molecule has 0 spiro atoms. The molecule has 0 aliphatic carbocycles. The molecule has 0 atom stereocenters. The van der Waals surface area contributed by atoms with Crippen LogP contribution in [0.2, 0.25) is 0 Å². The lowest BCUT2D eigenvalue weighted by Gasteiger charge is -2.10. The quantitative estimate of drug-likeness (QED) is 0.693. The number of aryl methyl sites for hydroxylation is 3. The van der Waals surface area contributed by atoms with Crippen molar-refractivity contribution in [1.29, 1.82) is 0 Å². The third-order valence-electron chi connectivity index (χ3n) is 3.17. The van der Waals surface area contributed by atoms with E-state index in [1.807, 2.05) is 45.0 Å². The Balaban J connectivity index is 1.83. The maximum Gasteiger partial charge on any atom is 0.230 e. The normalized spacial score (nSPS) is 10.6. The summed E-state index contributed by atoms with van der Waals surface area (Å²) in [5.41, 5.74) is 2.97. The van der Waals surface area contributed by atoms with Crippen LogP contribution < -0.4 is 10.6 Å². The predicted molar refractivity (Wildman–Crippen MR) is 93.5 cm³/mol. The zero-order valence-electron chi connectivity index (χ0n) is 13.0. The molecule has 2 heterocycles. The molecule has 7 heteroatoms. The van der Waals surface area contributed by atoms with E-state index in [9.17, 15) is 0 Å². The molecule has 2 N–H and O–H groups in total. The lowest BCUT2D eigenvalue weighted by molar-refractivity contribution is 0.400. The number of nitrogens with zero attached hydrogens (tertiary/aromatic N) is 3. The van der Waals surface area contributed by atoms with E-state index in [-0.39, 0.29) is 0 Å². The van der Waals surface area contributed by atoms with Crippen LogP contribution >= 0.6 is 15.9 Å². The van der Waals surface area contributed by atoms with Crippen molar-refractivity contribution in [2.45, 2.75) is 20.8 Å². The molecule has 0 saturated heterocycles. The average Bonchev–Trinajstić information content (AvgIpc) is 2.87. The van der Waals surface area contributed by atoms with E-state index in [1.54, 1.807) is 6.07 Å². The number of hydrogen-bond acceptors (Lipinski definition) is 6. The van der Waals surface area contributed by atoms with Crippen molar-refractivity contribution in [2.75, 3.05) is 10.6 Å². The van der Waals surface area contributed by atoms with Crippen LogP contribution in [0.5, 0.6) is 0 Å². The van der Waals surface area contributed by atoms with Crippen molar-refractivity contribution in [3.63, 3.8) is 0 Å². The van der Waals surface area contributed by atoms with Gasteiger partial charge in [-0.3, -0.25) is 0 Å². The van der Waals surface area contributed by atoms with Gasteiger partial charge >= 0.3 is 0 Å². The number of hydrogen-bond donors (Lipinski definition) is 2. The number of rotatable bonds is 4. The highest BCUT2D eigenvalue weighted by molar-refractivity contribution is 9.10. The summed E-state index contributed by atoms with van der Waals surface area (Å²) in [4.78, 5) is 8.81. The van der Waals surface area contributed by atoms with Gasteiger partial charge in [-0.2, -0.15) is 4.98 Å². The van der Waals surface area contributed by atoms with Crippen molar-refractivity contribution in [2.24, 2.45) is 0 Å². The lowest BCUT2D eigenvalue weighted by Crippen LogP contribution is -2.02. The number of anilines is 4. The van der Waals surface area contributed by atoms with Crippen LogP contribution in [0.25, 0.3) is 0 Å². The summed E-state index contributed by atoms with van der Waals surface area (Å²) >= 11 is 3.53. The number of aromatic nitrogens is 3. The van der Waals surface area contributed by atoms with E-state index in [4.69, 9.17) is 4.52 Å². The second kappa shape index (κ2) is 6.37. The van der Waals surface area contributed by atoms with Gasteiger partial charge in [0.15, 0.2) is 5.82 Å². The summed E-state index contributed by atoms with van der Waals surface area (Å²) in [7, 11) is 0. The van der Waals surface area contributed by atoms with Gasteiger partial charge in [-0.05, 0) is 38.5 Å².